The Hall–Kier alpha value is -0.550. The summed E-state index contributed by atoms with van der Waals surface area (Å²) < 4.78 is 39.6. The smallest absolute Gasteiger partial charge is 0.297 e. The lowest BCUT2D eigenvalue weighted by atomic mass is 10.0. The van der Waals surface area contributed by atoms with Crippen LogP contribution in [0.5, 0.6) is 0 Å². The number of rotatable bonds is 4. The number of hydrogen-bond acceptors (Lipinski definition) is 1. The van der Waals surface area contributed by atoms with Crippen LogP contribution < -0.4 is 5.32 Å². The van der Waals surface area contributed by atoms with Gasteiger partial charge in [0.05, 0.1) is 0 Å². The number of halogens is 4. The van der Waals surface area contributed by atoms with Gasteiger partial charge in [0, 0.05) is 10.5 Å². The van der Waals surface area contributed by atoms with E-state index in [4.69, 9.17) is 0 Å². The molecule has 1 fully saturated rings. The van der Waals surface area contributed by atoms with Gasteiger partial charge in [0.2, 0.25) is 0 Å². The summed E-state index contributed by atoms with van der Waals surface area (Å²) in [4.78, 5) is 0. The van der Waals surface area contributed by atoms with E-state index < -0.39 is 11.7 Å². The molecule has 1 aliphatic carbocycles. The lowest BCUT2D eigenvalue weighted by Gasteiger charge is -2.27. The van der Waals surface area contributed by atoms with Crippen LogP contribution >= 0.6 is 15.9 Å². The molecular formula is C13H15BrF3N. The Morgan fingerprint density at radius 1 is 1.39 bits per heavy atom. The van der Waals surface area contributed by atoms with Crippen LogP contribution in [-0.4, -0.2) is 11.7 Å². The number of benzene rings is 1. The molecule has 1 aromatic carbocycles. The fourth-order valence-corrected chi connectivity index (χ4v) is 2.53. The van der Waals surface area contributed by atoms with E-state index in [1.807, 2.05) is 31.2 Å². The lowest BCUT2D eigenvalue weighted by Crippen LogP contribution is -2.46. The van der Waals surface area contributed by atoms with Gasteiger partial charge in [-0.2, -0.15) is 13.2 Å². The first-order valence-corrected chi connectivity index (χ1v) is 6.77. The summed E-state index contributed by atoms with van der Waals surface area (Å²) in [7, 11) is 0. The maximum atomic E-state index is 12.9. The van der Waals surface area contributed by atoms with Crippen LogP contribution in [0.1, 0.15) is 37.8 Å². The molecule has 0 amide bonds. The molecule has 100 valence electrons. The van der Waals surface area contributed by atoms with Gasteiger partial charge in [-0.05, 0) is 37.0 Å². The van der Waals surface area contributed by atoms with Crippen LogP contribution in [0, 0.1) is 0 Å². The third-order valence-corrected chi connectivity index (χ3v) is 3.90. The first-order valence-electron chi connectivity index (χ1n) is 5.98. The van der Waals surface area contributed by atoms with Gasteiger partial charge in [0.1, 0.15) is 5.54 Å². The predicted molar refractivity (Wildman–Crippen MR) is 68.3 cm³/mol. The summed E-state index contributed by atoms with van der Waals surface area (Å²) in [5.41, 5.74) is -0.766. The molecule has 0 aromatic heterocycles. The predicted octanol–water partition coefficient (Wildman–Crippen LogP) is 4.58. The first-order chi connectivity index (χ1) is 8.38. The van der Waals surface area contributed by atoms with E-state index in [0.29, 0.717) is 6.42 Å². The molecule has 1 nitrogen and oxygen atoms in total. The highest BCUT2D eigenvalue weighted by molar-refractivity contribution is 9.10. The number of hydrogen-bond donors (Lipinski definition) is 1. The van der Waals surface area contributed by atoms with Gasteiger partial charge in [-0.25, -0.2) is 0 Å². The van der Waals surface area contributed by atoms with Crippen LogP contribution in [0.25, 0.3) is 0 Å². The zero-order valence-electron chi connectivity index (χ0n) is 10.0. The highest BCUT2D eigenvalue weighted by atomic mass is 79.9. The molecule has 1 aromatic rings. The van der Waals surface area contributed by atoms with E-state index in [9.17, 15) is 13.2 Å². The number of nitrogens with one attached hydrogen (secondary N) is 1. The molecule has 2 rings (SSSR count). The van der Waals surface area contributed by atoms with Crippen LogP contribution in [0.3, 0.4) is 0 Å². The minimum absolute atomic E-state index is 0.182. The topological polar surface area (TPSA) is 12.0 Å². The minimum atomic E-state index is -4.16. The van der Waals surface area contributed by atoms with E-state index in [-0.39, 0.29) is 18.9 Å². The highest BCUT2D eigenvalue weighted by Gasteiger charge is 2.63. The van der Waals surface area contributed by atoms with Gasteiger partial charge in [-0.3, -0.25) is 5.32 Å². The maximum Gasteiger partial charge on any atom is 0.406 e. The van der Waals surface area contributed by atoms with E-state index in [1.165, 1.54) is 0 Å². The molecule has 5 heteroatoms. The molecule has 1 saturated carbocycles. The average Bonchev–Trinajstić information content (AvgIpc) is 3.06. The van der Waals surface area contributed by atoms with Crippen LogP contribution in [0.4, 0.5) is 13.2 Å². The molecule has 18 heavy (non-hydrogen) atoms. The molecule has 0 saturated heterocycles. The van der Waals surface area contributed by atoms with E-state index >= 15 is 0 Å². The highest BCUT2D eigenvalue weighted by Crippen LogP contribution is 2.50. The monoisotopic (exact) mass is 321 g/mol. The van der Waals surface area contributed by atoms with E-state index in [1.54, 1.807) is 0 Å². The normalized spacial score (nSPS) is 19.6. The van der Waals surface area contributed by atoms with Crippen molar-refractivity contribution in [3.63, 3.8) is 0 Å². The zero-order valence-corrected chi connectivity index (χ0v) is 11.6. The molecule has 0 heterocycles. The molecule has 0 radical (unpaired) electrons. The largest absolute Gasteiger partial charge is 0.406 e. The summed E-state index contributed by atoms with van der Waals surface area (Å²) >= 11 is 3.34. The van der Waals surface area contributed by atoms with Crippen molar-refractivity contribution in [2.24, 2.45) is 0 Å². The van der Waals surface area contributed by atoms with Crippen molar-refractivity contribution >= 4 is 15.9 Å². The average molecular weight is 322 g/mol. The van der Waals surface area contributed by atoms with E-state index in [2.05, 4.69) is 21.2 Å². The van der Waals surface area contributed by atoms with Crippen molar-refractivity contribution in [1.29, 1.82) is 0 Å². The third kappa shape index (κ3) is 2.72. The summed E-state index contributed by atoms with van der Waals surface area (Å²) in [6, 6.07) is 7.18. The summed E-state index contributed by atoms with van der Waals surface area (Å²) in [5, 5.41) is 2.79. The maximum absolute atomic E-state index is 12.9. The zero-order chi connectivity index (χ0) is 13.4. The first kappa shape index (κ1) is 13.9. The van der Waals surface area contributed by atoms with Crippen molar-refractivity contribution in [2.75, 3.05) is 0 Å². The van der Waals surface area contributed by atoms with Gasteiger partial charge in [0.25, 0.3) is 0 Å². The van der Waals surface area contributed by atoms with Crippen molar-refractivity contribution in [3.05, 3.63) is 34.3 Å². The second-order valence-electron chi connectivity index (χ2n) is 4.74. The summed E-state index contributed by atoms with van der Waals surface area (Å²) in [6.07, 6.45) is -3.16. The quantitative estimate of drug-likeness (QED) is 0.855. The van der Waals surface area contributed by atoms with Gasteiger partial charge in [0.15, 0.2) is 0 Å². The Morgan fingerprint density at radius 2 is 2.06 bits per heavy atom. The third-order valence-electron chi connectivity index (χ3n) is 3.40. The Labute approximate surface area is 113 Å². The standard InChI is InChI=1S/C13H15BrF3N/c1-2-11(9-4-3-5-10(14)8-9)18-12(6-7-12)13(15,16)17/h3-5,8,11,18H,2,6-7H2,1H3. The molecule has 1 atom stereocenters. The van der Waals surface area contributed by atoms with Gasteiger partial charge in [-0.1, -0.05) is 35.0 Å². The van der Waals surface area contributed by atoms with Gasteiger partial charge < -0.3 is 0 Å². The van der Waals surface area contributed by atoms with Gasteiger partial charge in [-0.15, -0.1) is 0 Å². The second-order valence-corrected chi connectivity index (χ2v) is 5.66. The molecular weight excluding hydrogens is 307 g/mol. The second kappa shape index (κ2) is 4.85. The number of alkyl halides is 3. The van der Waals surface area contributed by atoms with E-state index in [0.717, 1.165) is 10.0 Å². The fraction of sp³-hybridized carbons (Fsp3) is 0.538. The molecule has 1 aliphatic rings. The molecule has 1 N–H and O–H groups in total. The molecule has 0 spiro atoms. The summed E-state index contributed by atoms with van der Waals surface area (Å²) in [5.74, 6) is 0. The van der Waals surface area contributed by atoms with Crippen molar-refractivity contribution in [1.82, 2.24) is 5.32 Å². The molecule has 0 aliphatic heterocycles. The van der Waals surface area contributed by atoms with Crippen LogP contribution in [-0.2, 0) is 0 Å². The SMILES string of the molecule is CCC(NC1(C(F)(F)F)CC1)c1cccc(Br)c1. The van der Waals surface area contributed by atoms with Crippen LogP contribution in [0.2, 0.25) is 0 Å². The minimum Gasteiger partial charge on any atom is -0.297 e. The Bertz CT molecular complexity index is 426. The molecule has 0 bridgehead atoms. The lowest BCUT2D eigenvalue weighted by molar-refractivity contribution is -0.168. The van der Waals surface area contributed by atoms with Crippen molar-refractivity contribution < 1.29 is 13.2 Å². The Balaban J connectivity index is 2.16. The van der Waals surface area contributed by atoms with Gasteiger partial charge >= 0.3 is 6.18 Å². The Kier molecular flexibility index (Phi) is 3.74. The van der Waals surface area contributed by atoms with Crippen molar-refractivity contribution in [2.45, 2.75) is 43.9 Å². The molecule has 1 unspecified atom stereocenters. The summed E-state index contributed by atoms with van der Waals surface area (Å²) in [6.45, 7) is 1.89. The fourth-order valence-electron chi connectivity index (χ4n) is 2.11. The van der Waals surface area contributed by atoms with Crippen molar-refractivity contribution in [3.8, 4) is 0 Å². The van der Waals surface area contributed by atoms with Crippen LogP contribution in [0.15, 0.2) is 28.7 Å². The Morgan fingerprint density at radius 3 is 2.50 bits per heavy atom.